The van der Waals surface area contributed by atoms with Crippen LogP contribution in [-0.2, 0) is 14.8 Å². The van der Waals surface area contributed by atoms with Crippen molar-refractivity contribution in [1.82, 2.24) is 9.71 Å². The number of hydrogen-bond donors (Lipinski definition) is 2. The van der Waals surface area contributed by atoms with Gasteiger partial charge >= 0.3 is 5.97 Å². The molecule has 0 radical (unpaired) electrons. The summed E-state index contributed by atoms with van der Waals surface area (Å²) in [6.45, 7) is 3.31. The topological polar surface area (TPSA) is 88.3 Å². The Morgan fingerprint density at radius 3 is 2.41 bits per heavy atom. The lowest BCUT2D eigenvalue weighted by molar-refractivity contribution is -0.135. The molecule has 140 valence electrons. The Morgan fingerprint density at radius 2 is 1.74 bits per heavy atom. The van der Waals surface area contributed by atoms with Crippen molar-refractivity contribution in [2.45, 2.75) is 24.8 Å². The molecule has 0 aliphatic carbocycles. The lowest BCUT2D eigenvalue weighted by Crippen LogP contribution is -2.40. The maximum atomic E-state index is 12.4. The van der Waals surface area contributed by atoms with Gasteiger partial charge in [-0.3, -0.25) is 0 Å². The monoisotopic (exact) mass is 384 g/mol. The van der Waals surface area contributed by atoms with Gasteiger partial charge in [0.25, 0.3) is 0 Å². The van der Waals surface area contributed by atoms with Crippen LogP contribution in [0.3, 0.4) is 0 Å². The summed E-state index contributed by atoms with van der Waals surface area (Å²) >= 11 is 0. The zero-order chi connectivity index (χ0) is 19.4. The second-order valence-electron chi connectivity index (χ2n) is 6.19. The zero-order valence-electron chi connectivity index (χ0n) is 15.0. The lowest BCUT2D eigenvalue weighted by Gasteiger charge is -2.13. The third kappa shape index (κ3) is 4.64. The Labute approximate surface area is 158 Å². The van der Waals surface area contributed by atoms with Gasteiger partial charge in [0.15, 0.2) is 0 Å². The molecule has 0 amide bonds. The number of benzene rings is 2. The minimum atomic E-state index is -3.81. The van der Waals surface area contributed by atoms with Crippen molar-refractivity contribution in [3.63, 3.8) is 0 Å². The molecular formula is C20H20N2O4S. The number of hydrogen-bond acceptors (Lipinski definition) is 4. The molecule has 0 bridgehead atoms. The fourth-order valence-corrected chi connectivity index (χ4v) is 3.68. The van der Waals surface area contributed by atoms with Crippen LogP contribution in [0.4, 0.5) is 0 Å². The predicted octanol–water partition coefficient (Wildman–Crippen LogP) is 3.26. The predicted molar refractivity (Wildman–Crippen MR) is 103 cm³/mol. The van der Waals surface area contributed by atoms with Gasteiger partial charge in [0.1, 0.15) is 11.8 Å². The van der Waals surface area contributed by atoms with E-state index in [0.29, 0.717) is 5.75 Å². The molecule has 6 nitrogen and oxygen atoms in total. The van der Waals surface area contributed by atoms with E-state index in [1.165, 1.54) is 19.1 Å². The highest BCUT2D eigenvalue weighted by Gasteiger charge is 2.23. The first-order chi connectivity index (χ1) is 12.8. The van der Waals surface area contributed by atoms with Gasteiger partial charge < -0.3 is 9.72 Å². The quantitative estimate of drug-likeness (QED) is 0.639. The minimum Gasteiger partial charge on any atom is -0.424 e. The van der Waals surface area contributed by atoms with Crippen molar-refractivity contribution < 1.29 is 17.9 Å². The van der Waals surface area contributed by atoms with Gasteiger partial charge in [-0.1, -0.05) is 48.0 Å². The number of carbonyl (C=O) groups excluding carboxylic acids is 1. The van der Waals surface area contributed by atoms with Crippen molar-refractivity contribution >= 4 is 16.0 Å². The van der Waals surface area contributed by atoms with E-state index in [0.717, 1.165) is 16.8 Å². The number of rotatable bonds is 6. The summed E-state index contributed by atoms with van der Waals surface area (Å²) in [6, 6.07) is 16.6. The van der Waals surface area contributed by atoms with E-state index in [-0.39, 0.29) is 4.90 Å². The van der Waals surface area contributed by atoms with Gasteiger partial charge in [0.2, 0.25) is 10.0 Å². The molecule has 3 rings (SSSR count). The first kappa shape index (κ1) is 18.9. The second kappa shape index (κ2) is 7.77. The summed E-state index contributed by atoms with van der Waals surface area (Å²) in [7, 11) is -3.81. The van der Waals surface area contributed by atoms with Crippen LogP contribution in [0.1, 0.15) is 12.5 Å². The molecule has 0 aliphatic heterocycles. The molecule has 3 aromatic rings. The average Bonchev–Trinajstić information content (AvgIpc) is 3.11. The Bertz CT molecular complexity index is 1030. The smallest absolute Gasteiger partial charge is 0.329 e. The Kier molecular flexibility index (Phi) is 5.43. The van der Waals surface area contributed by atoms with Crippen LogP contribution in [0, 0.1) is 6.92 Å². The number of aromatic amines is 1. The molecular weight excluding hydrogens is 364 g/mol. The average molecular weight is 384 g/mol. The van der Waals surface area contributed by atoms with Gasteiger partial charge in [-0.05, 0) is 31.5 Å². The summed E-state index contributed by atoms with van der Waals surface area (Å²) in [6.07, 6.45) is 1.56. The van der Waals surface area contributed by atoms with Crippen molar-refractivity contribution in [2.24, 2.45) is 0 Å². The van der Waals surface area contributed by atoms with Gasteiger partial charge in [0.05, 0.1) is 4.90 Å². The number of aryl methyl sites for hydroxylation is 1. The molecule has 0 spiro atoms. The number of H-pyrrole nitrogens is 1. The van der Waals surface area contributed by atoms with Crippen LogP contribution >= 0.6 is 0 Å². The standard InChI is InChI=1S/C20H20N2O4S/c1-14-8-10-18(11-9-14)27(24,25)22-15(2)20(23)26-17-12-19(21-13-17)16-6-4-3-5-7-16/h3-13,15,21-22H,1-2H3/t15-/m1/s1. The van der Waals surface area contributed by atoms with Gasteiger partial charge in [0, 0.05) is 18.0 Å². The van der Waals surface area contributed by atoms with Crippen LogP contribution in [0.5, 0.6) is 5.75 Å². The summed E-state index contributed by atoms with van der Waals surface area (Å²) in [5, 5.41) is 0. The summed E-state index contributed by atoms with van der Waals surface area (Å²) in [4.78, 5) is 15.4. The number of esters is 1. The normalized spacial score (nSPS) is 12.5. The second-order valence-corrected chi connectivity index (χ2v) is 7.91. The summed E-state index contributed by atoms with van der Waals surface area (Å²) < 4.78 is 32.4. The molecule has 7 heteroatoms. The zero-order valence-corrected chi connectivity index (χ0v) is 15.8. The third-order valence-corrected chi connectivity index (χ3v) is 5.53. The van der Waals surface area contributed by atoms with E-state index in [2.05, 4.69) is 9.71 Å². The van der Waals surface area contributed by atoms with E-state index in [4.69, 9.17) is 4.74 Å². The molecule has 27 heavy (non-hydrogen) atoms. The summed E-state index contributed by atoms with van der Waals surface area (Å²) in [5.74, 6) is -0.371. The highest BCUT2D eigenvalue weighted by atomic mass is 32.2. The molecule has 0 saturated carbocycles. The lowest BCUT2D eigenvalue weighted by atomic mass is 10.2. The number of sulfonamides is 1. The SMILES string of the molecule is Cc1ccc(S(=O)(=O)N[C@H](C)C(=O)Oc2c[nH]c(-c3ccccc3)c2)cc1. The van der Waals surface area contributed by atoms with Crippen LogP contribution in [0.15, 0.2) is 71.8 Å². The van der Waals surface area contributed by atoms with Crippen molar-refractivity contribution in [3.05, 3.63) is 72.4 Å². The number of ether oxygens (including phenoxy) is 1. The van der Waals surface area contributed by atoms with Crippen LogP contribution in [-0.4, -0.2) is 25.4 Å². The van der Waals surface area contributed by atoms with Gasteiger partial charge in [-0.2, -0.15) is 4.72 Å². The van der Waals surface area contributed by atoms with E-state index in [1.54, 1.807) is 24.4 Å². The van der Waals surface area contributed by atoms with E-state index in [9.17, 15) is 13.2 Å². The van der Waals surface area contributed by atoms with Crippen LogP contribution in [0.25, 0.3) is 11.3 Å². The fraction of sp³-hybridized carbons (Fsp3) is 0.150. The van der Waals surface area contributed by atoms with E-state index < -0.39 is 22.0 Å². The Morgan fingerprint density at radius 1 is 1.07 bits per heavy atom. The molecule has 2 N–H and O–H groups in total. The fourth-order valence-electron chi connectivity index (χ4n) is 2.49. The number of carbonyl (C=O) groups is 1. The number of nitrogens with one attached hydrogen (secondary N) is 2. The van der Waals surface area contributed by atoms with Gasteiger partial charge in [-0.15, -0.1) is 0 Å². The van der Waals surface area contributed by atoms with Crippen molar-refractivity contribution in [3.8, 4) is 17.0 Å². The first-order valence-corrected chi connectivity index (χ1v) is 9.88. The summed E-state index contributed by atoms with van der Waals surface area (Å²) in [5.41, 5.74) is 2.70. The largest absolute Gasteiger partial charge is 0.424 e. The highest BCUT2D eigenvalue weighted by molar-refractivity contribution is 7.89. The first-order valence-electron chi connectivity index (χ1n) is 8.40. The molecule has 1 atom stereocenters. The third-order valence-electron chi connectivity index (χ3n) is 3.98. The van der Waals surface area contributed by atoms with Gasteiger partial charge in [-0.25, -0.2) is 13.2 Å². The van der Waals surface area contributed by atoms with Crippen molar-refractivity contribution in [1.29, 1.82) is 0 Å². The van der Waals surface area contributed by atoms with E-state index in [1.807, 2.05) is 37.3 Å². The molecule has 1 heterocycles. The van der Waals surface area contributed by atoms with E-state index >= 15 is 0 Å². The maximum Gasteiger partial charge on any atom is 0.329 e. The molecule has 1 aromatic heterocycles. The molecule has 2 aromatic carbocycles. The Hall–Kier alpha value is -2.90. The number of aromatic nitrogens is 1. The van der Waals surface area contributed by atoms with Crippen LogP contribution < -0.4 is 9.46 Å². The minimum absolute atomic E-state index is 0.0979. The maximum absolute atomic E-state index is 12.4. The highest BCUT2D eigenvalue weighted by Crippen LogP contribution is 2.23. The van der Waals surface area contributed by atoms with Crippen LogP contribution in [0.2, 0.25) is 0 Å². The van der Waals surface area contributed by atoms with Crippen molar-refractivity contribution in [2.75, 3.05) is 0 Å². The molecule has 0 aliphatic rings. The molecule has 0 fully saturated rings. The molecule has 0 saturated heterocycles. The molecule has 0 unspecified atom stereocenters. The Balaban J connectivity index is 1.66.